The minimum atomic E-state index is -0.197. The van der Waals surface area contributed by atoms with Gasteiger partial charge in [0.05, 0.1) is 18.2 Å². The molecule has 0 radical (unpaired) electrons. The van der Waals surface area contributed by atoms with E-state index in [2.05, 4.69) is 11.0 Å². The molecule has 2 rings (SSSR count). The maximum absolute atomic E-state index is 9.89. The van der Waals surface area contributed by atoms with Gasteiger partial charge in [0.25, 0.3) is 0 Å². The van der Waals surface area contributed by atoms with Gasteiger partial charge in [-0.3, -0.25) is 4.90 Å². The Kier molecular flexibility index (Phi) is 3.05. The highest BCUT2D eigenvalue weighted by Gasteiger charge is 2.35. The average molecular weight is 194 g/mol. The van der Waals surface area contributed by atoms with E-state index in [1.165, 1.54) is 6.42 Å². The van der Waals surface area contributed by atoms with Crippen LogP contribution in [0.1, 0.15) is 38.5 Å². The van der Waals surface area contributed by atoms with Gasteiger partial charge in [-0.2, -0.15) is 5.26 Å². The smallest absolute Gasteiger partial charge is 0.0981 e. The van der Waals surface area contributed by atoms with Crippen LogP contribution in [0.4, 0.5) is 0 Å². The zero-order chi connectivity index (χ0) is 9.97. The molecule has 0 aromatic heterocycles. The molecule has 0 bridgehead atoms. The quantitative estimate of drug-likeness (QED) is 0.684. The van der Waals surface area contributed by atoms with Gasteiger partial charge in [-0.1, -0.05) is 12.8 Å². The zero-order valence-corrected chi connectivity index (χ0v) is 8.52. The van der Waals surface area contributed by atoms with Crippen LogP contribution in [-0.2, 0) is 0 Å². The number of hydrogen-bond acceptors (Lipinski definition) is 3. The van der Waals surface area contributed by atoms with Crippen molar-refractivity contribution < 1.29 is 5.11 Å². The standard InChI is InChI=1S/C11H18N2O/c12-8-9-4-3-7-13(9)10-5-1-2-6-11(10)14/h9-11,14H,1-7H2. The summed E-state index contributed by atoms with van der Waals surface area (Å²) in [6.45, 7) is 1.000. The van der Waals surface area contributed by atoms with E-state index in [1.807, 2.05) is 0 Å². The van der Waals surface area contributed by atoms with Crippen LogP contribution in [-0.4, -0.2) is 34.7 Å². The van der Waals surface area contributed by atoms with E-state index in [0.717, 1.165) is 38.6 Å². The van der Waals surface area contributed by atoms with Crippen molar-refractivity contribution in [3.63, 3.8) is 0 Å². The van der Waals surface area contributed by atoms with Crippen LogP contribution >= 0.6 is 0 Å². The molecule has 2 aliphatic rings. The molecule has 0 aromatic carbocycles. The lowest BCUT2D eigenvalue weighted by molar-refractivity contribution is 0.0220. The number of nitrogens with zero attached hydrogens (tertiary/aromatic N) is 2. The van der Waals surface area contributed by atoms with Gasteiger partial charge in [-0.05, 0) is 32.2 Å². The highest BCUT2D eigenvalue weighted by Crippen LogP contribution is 2.29. The molecule has 1 aliphatic carbocycles. The second kappa shape index (κ2) is 4.29. The van der Waals surface area contributed by atoms with Gasteiger partial charge in [0.15, 0.2) is 0 Å². The van der Waals surface area contributed by atoms with Crippen molar-refractivity contribution in [2.45, 2.75) is 56.7 Å². The molecule has 0 aromatic rings. The minimum Gasteiger partial charge on any atom is -0.391 e. The number of aliphatic hydroxyl groups excluding tert-OH is 1. The Morgan fingerprint density at radius 1 is 1.14 bits per heavy atom. The molecular weight excluding hydrogens is 176 g/mol. The molecule has 2 fully saturated rings. The van der Waals surface area contributed by atoms with E-state index in [-0.39, 0.29) is 18.2 Å². The number of nitriles is 1. The SMILES string of the molecule is N#CC1CCCN1C1CCCCC1O. The predicted molar refractivity (Wildman–Crippen MR) is 53.6 cm³/mol. The third kappa shape index (κ3) is 1.77. The Bertz CT molecular complexity index is 236. The summed E-state index contributed by atoms with van der Waals surface area (Å²) in [6.07, 6.45) is 6.23. The number of likely N-dealkylation sites (tertiary alicyclic amines) is 1. The predicted octanol–water partition coefficient (Wildman–Crippen LogP) is 1.28. The Morgan fingerprint density at radius 2 is 1.93 bits per heavy atom. The topological polar surface area (TPSA) is 47.3 Å². The van der Waals surface area contributed by atoms with Crippen LogP contribution in [0, 0.1) is 11.3 Å². The molecule has 1 heterocycles. The van der Waals surface area contributed by atoms with Gasteiger partial charge in [-0.15, -0.1) is 0 Å². The van der Waals surface area contributed by atoms with Crippen LogP contribution in [0.3, 0.4) is 0 Å². The van der Waals surface area contributed by atoms with E-state index < -0.39 is 0 Å². The van der Waals surface area contributed by atoms with Crippen LogP contribution in [0.15, 0.2) is 0 Å². The van der Waals surface area contributed by atoms with Gasteiger partial charge in [0.2, 0.25) is 0 Å². The highest BCUT2D eigenvalue weighted by molar-refractivity contribution is 5.00. The lowest BCUT2D eigenvalue weighted by atomic mass is 9.91. The summed E-state index contributed by atoms with van der Waals surface area (Å²) in [5.41, 5.74) is 0. The first-order valence-corrected chi connectivity index (χ1v) is 5.66. The van der Waals surface area contributed by atoms with Crippen molar-refractivity contribution >= 4 is 0 Å². The summed E-state index contributed by atoms with van der Waals surface area (Å²) >= 11 is 0. The van der Waals surface area contributed by atoms with Crippen LogP contribution < -0.4 is 0 Å². The fourth-order valence-electron chi connectivity index (χ4n) is 2.80. The van der Waals surface area contributed by atoms with Gasteiger partial charge >= 0.3 is 0 Å². The van der Waals surface area contributed by atoms with Crippen molar-refractivity contribution in [1.82, 2.24) is 4.90 Å². The monoisotopic (exact) mass is 194 g/mol. The molecule has 1 aliphatic heterocycles. The van der Waals surface area contributed by atoms with Gasteiger partial charge in [0, 0.05) is 6.04 Å². The van der Waals surface area contributed by atoms with Crippen LogP contribution in [0.25, 0.3) is 0 Å². The van der Waals surface area contributed by atoms with Crippen LogP contribution in [0.5, 0.6) is 0 Å². The fourth-order valence-corrected chi connectivity index (χ4v) is 2.80. The molecule has 1 saturated carbocycles. The van der Waals surface area contributed by atoms with Gasteiger partial charge in [-0.25, -0.2) is 0 Å². The van der Waals surface area contributed by atoms with E-state index in [9.17, 15) is 5.11 Å². The molecule has 1 N–H and O–H groups in total. The lowest BCUT2D eigenvalue weighted by Gasteiger charge is -2.36. The van der Waals surface area contributed by atoms with Crippen molar-refractivity contribution in [1.29, 1.82) is 5.26 Å². The van der Waals surface area contributed by atoms with Crippen molar-refractivity contribution in [3.8, 4) is 6.07 Å². The summed E-state index contributed by atoms with van der Waals surface area (Å²) in [5.74, 6) is 0. The Hall–Kier alpha value is -0.590. The maximum atomic E-state index is 9.89. The Labute approximate surface area is 85.3 Å². The molecule has 3 heteroatoms. The molecule has 1 saturated heterocycles. The molecule has 3 nitrogen and oxygen atoms in total. The van der Waals surface area contributed by atoms with Crippen molar-refractivity contribution in [2.24, 2.45) is 0 Å². The summed E-state index contributed by atoms with van der Waals surface area (Å²) < 4.78 is 0. The first-order chi connectivity index (χ1) is 6.83. The van der Waals surface area contributed by atoms with Gasteiger partial charge < -0.3 is 5.11 Å². The largest absolute Gasteiger partial charge is 0.391 e. The molecular formula is C11H18N2O. The average Bonchev–Trinajstić information content (AvgIpc) is 2.66. The minimum absolute atomic E-state index is 0.0627. The zero-order valence-electron chi connectivity index (χ0n) is 8.52. The van der Waals surface area contributed by atoms with E-state index in [1.54, 1.807) is 0 Å². The molecule has 3 atom stereocenters. The summed E-state index contributed by atoms with van der Waals surface area (Å²) in [6, 6.07) is 2.67. The highest BCUT2D eigenvalue weighted by atomic mass is 16.3. The molecule has 3 unspecified atom stereocenters. The molecule has 0 spiro atoms. The number of hydrogen-bond donors (Lipinski definition) is 1. The van der Waals surface area contributed by atoms with E-state index in [4.69, 9.17) is 5.26 Å². The number of aliphatic hydroxyl groups is 1. The van der Waals surface area contributed by atoms with Crippen molar-refractivity contribution in [2.75, 3.05) is 6.54 Å². The van der Waals surface area contributed by atoms with E-state index in [0.29, 0.717) is 0 Å². The Morgan fingerprint density at radius 3 is 2.64 bits per heavy atom. The van der Waals surface area contributed by atoms with Crippen LogP contribution in [0.2, 0.25) is 0 Å². The summed E-state index contributed by atoms with van der Waals surface area (Å²) in [5, 5.41) is 18.9. The fraction of sp³-hybridized carbons (Fsp3) is 0.909. The molecule has 14 heavy (non-hydrogen) atoms. The first kappa shape index (κ1) is 9.95. The third-order valence-electron chi connectivity index (χ3n) is 3.56. The normalized spacial score (nSPS) is 39.6. The number of rotatable bonds is 1. The van der Waals surface area contributed by atoms with Crippen molar-refractivity contribution in [3.05, 3.63) is 0 Å². The first-order valence-electron chi connectivity index (χ1n) is 5.66. The molecule has 0 amide bonds. The second-order valence-electron chi connectivity index (χ2n) is 4.44. The van der Waals surface area contributed by atoms with E-state index >= 15 is 0 Å². The second-order valence-corrected chi connectivity index (χ2v) is 4.44. The molecule has 78 valence electrons. The summed E-state index contributed by atoms with van der Waals surface area (Å²) in [4.78, 5) is 2.23. The van der Waals surface area contributed by atoms with Gasteiger partial charge in [0.1, 0.15) is 0 Å². The third-order valence-corrected chi connectivity index (χ3v) is 3.56. The Balaban J connectivity index is 2.02. The summed E-state index contributed by atoms with van der Waals surface area (Å²) in [7, 11) is 0. The lowest BCUT2D eigenvalue weighted by Crippen LogP contribution is -2.47. The maximum Gasteiger partial charge on any atom is 0.0981 e.